The number of rotatable bonds is 2. The van der Waals surface area contributed by atoms with E-state index < -0.39 is 5.91 Å². The van der Waals surface area contributed by atoms with Crippen LogP contribution < -0.4 is 16.7 Å². The average Bonchev–Trinajstić information content (AvgIpc) is 2.52. The zero-order valence-corrected chi connectivity index (χ0v) is 11.9. The molecule has 3 N–H and O–H groups in total. The summed E-state index contributed by atoms with van der Waals surface area (Å²) >= 11 is 0. The Morgan fingerprint density at radius 2 is 1.82 bits per heavy atom. The number of carbonyl (C=O) groups is 1. The van der Waals surface area contributed by atoms with Gasteiger partial charge in [0.25, 0.3) is 11.5 Å². The van der Waals surface area contributed by atoms with E-state index in [1.807, 2.05) is 6.07 Å². The van der Waals surface area contributed by atoms with Gasteiger partial charge in [-0.05, 0) is 43.3 Å². The molecule has 0 spiro atoms. The molecule has 0 aliphatic heterocycles. The number of nitrogen functional groups attached to an aromatic ring is 1. The van der Waals surface area contributed by atoms with Gasteiger partial charge in [0.15, 0.2) is 0 Å². The number of carbonyl (C=O) groups excluding carboxylic acids is 1. The second-order valence-corrected chi connectivity index (χ2v) is 4.88. The molecule has 0 saturated heterocycles. The van der Waals surface area contributed by atoms with Crippen molar-refractivity contribution in [3.05, 3.63) is 70.3 Å². The molecule has 1 amide bonds. The number of hydrogen-bond acceptors (Lipinski definition) is 4. The average molecular weight is 294 g/mol. The van der Waals surface area contributed by atoms with Crippen LogP contribution in [0.5, 0.6) is 0 Å². The highest BCUT2D eigenvalue weighted by Gasteiger charge is 2.11. The van der Waals surface area contributed by atoms with Crippen LogP contribution in [0.3, 0.4) is 0 Å². The predicted octanol–water partition coefficient (Wildman–Crippen LogP) is 1.67. The normalized spacial score (nSPS) is 10.6. The summed E-state index contributed by atoms with van der Waals surface area (Å²) < 4.78 is 1.15. The molecule has 0 aliphatic carbocycles. The summed E-state index contributed by atoms with van der Waals surface area (Å²) in [5, 5.41) is 0.450. The number of nitrogens with zero attached hydrogens (tertiary/aromatic N) is 2. The number of nitrogens with one attached hydrogen (secondary N) is 1. The zero-order chi connectivity index (χ0) is 15.7. The van der Waals surface area contributed by atoms with Crippen LogP contribution in [0.1, 0.15) is 16.2 Å². The summed E-state index contributed by atoms with van der Waals surface area (Å²) in [6.45, 7) is 1.66. The highest BCUT2D eigenvalue weighted by Crippen LogP contribution is 2.08. The van der Waals surface area contributed by atoms with E-state index in [2.05, 4.69) is 10.4 Å². The number of aromatic nitrogens is 2. The van der Waals surface area contributed by atoms with Gasteiger partial charge in [0.05, 0.1) is 10.9 Å². The smallest absolute Gasteiger partial charge is 0.280 e. The van der Waals surface area contributed by atoms with Crippen LogP contribution >= 0.6 is 0 Å². The summed E-state index contributed by atoms with van der Waals surface area (Å²) in [4.78, 5) is 29.0. The van der Waals surface area contributed by atoms with Crippen LogP contribution in [0.25, 0.3) is 10.9 Å². The van der Waals surface area contributed by atoms with Gasteiger partial charge < -0.3 is 5.73 Å². The molecule has 1 aromatic heterocycles. The minimum Gasteiger partial charge on any atom is -0.399 e. The number of para-hydroxylation sites is 1. The van der Waals surface area contributed by atoms with E-state index in [9.17, 15) is 9.59 Å². The van der Waals surface area contributed by atoms with Crippen LogP contribution in [0.4, 0.5) is 5.69 Å². The number of fused-ring (bicyclic) bond motifs is 1. The first-order chi connectivity index (χ1) is 10.6. The molecule has 6 heteroatoms. The Bertz CT molecular complexity index is 914. The van der Waals surface area contributed by atoms with Crippen LogP contribution in [-0.2, 0) is 0 Å². The molecule has 0 saturated carbocycles. The molecule has 110 valence electrons. The summed E-state index contributed by atoms with van der Waals surface area (Å²) in [5.41, 5.74) is 9.43. The number of nitrogens with two attached hydrogens (primary N) is 1. The SMILES string of the molecule is Cc1nc2ccccc2c(=O)n1NC(=O)c1ccc(N)cc1. The molecular formula is C16H14N4O2. The summed E-state index contributed by atoms with van der Waals surface area (Å²) in [7, 11) is 0. The molecule has 2 aromatic carbocycles. The Hall–Kier alpha value is -3.15. The van der Waals surface area contributed by atoms with E-state index in [1.54, 1.807) is 49.4 Å². The Labute approximate surface area is 126 Å². The van der Waals surface area contributed by atoms with E-state index in [1.165, 1.54) is 0 Å². The Balaban J connectivity index is 2.02. The largest absolute Gasteiger partial charge is 0.399 e. The number of anilines is 1. The molecule has 6 nitrogen and oxygen atoms in total. The fourth-order valence-corrected chi connectivity index (χ4v) is 2.18. The van der Waals surface area contributed by atoms with Gasteiger partial charge >= 0.3 is 0 Å². The van der Waals surface area contributed by atoms with Gasteiger partial charge in [-0.15, -0.1) is 0 Å². The quantitative estimate of drug-likeness (QED) is 0.703. The van der Waals surface area contributed by atoms with Crippen molar-refractivity contribution in [2.75, 3.05) is 11.2 Å². The molecule has 0 bridgehead atoms. The van der Waals surface area contributed by atoms with E-state index >= 15 is 0 Å². The van der Waals surface area contributed by atoms with Crippen LogP contribution in [0.2, 0.25) is 0 Å². The third kappa shape index (κ3) is 2.42. The van der Waals surface area contributed by atoms with Crippen molar-refractivity contribution in [1.82, 2.24) is 9.66 Å². The van der Waals surface area contributed by atoms with Crippen LogP contribution in [-0.4, -0.2) is 15.6 Å². The molecule has 22 heavy (non-hydrogen) atoms. The van der Waals surface area contributed by atoms with Gasteiger partial charge in [-0.3, -0.25) is 15.0 Å². The van der Waals surface area contributed by atoms with Gasteiger partial charge in [0.2, 0.25) is 0 Å². The standard InChI is InChI=1S/C16H14N4O2/c1-10-18-14-5-3-2-4-13(14)16(22)20(10)19-15(21)11-6-8-12(17)9-7-11/h2-9H,17H2,1H3,(H,19,21). The van der Waals surface area contributed by atoms with Gasteiger partial charge in [-0.1, -0.05) is 12.1 Å². The second kappa shape index (κ2) is 5.33. The first kappa shape index (κ1) is 13.8. The van der Waals surface area contributed by atoms with Gasteiger partial charge in [-0.25, -0.2) is 9.66 Å². The molecule has 0 aliphatic rings. The summed E-state index contributed by atoms with van der Waals surface area (Å²) in [5.74, 6) is 0.00905. The van der Waals surface area contributed by atoms with Crippen molar-refractivity contribution in [2.24, 2.45) is 0 Å². The third-order valence-corrected chi connectivity index (χ3v) is 3.33. The number of benzene rings is 2. The van der Waals surface area contributed by atoms with Crippen molar-refractivity contribution in [2.45, 2.75) is 6.92 Å². The lowest BCUT2D eigenvalue weighted by Crippen LogP contribution is -2.35. The predicted molar refractivity (Wildman–Crippen MR) is 85.3 cm³/mol. The van der Waals surface area contributed by atoms with Crippen LogP contribution in [0.15, 0.2) is 53.3 Å². The first-order valence-electron chi connectivity index (χ1n) is 6.71. The van der Waals surface area contributed by atoms with Crippen molar-refractivity contribution in [3.63, 3.8) is 0 Å². The van der Waals surface area contributed by atoms with Gasteiger partial charge in [0, 0.05) is 11.3 Å². The monoisotopic (exact) mass is 294 g/mol. The maximum atomic E-state index is 12.5. The fraction of sp³-hybridized carbons (Fsp3) is 0.0625. The first-order valence-corrected chi connectivity index (χ1v) is 6.71. The molecule has 0 fully saturated rings. The maximum Gasteiger partial charge on any atom is 0.280 e. The topological polar surface area (TPSA) is 90.0 Å². The lowest BCUT2D eigenvalue weighted by molar-refractivity contribution is 0.101. The van der Waals surface area contributed by atoms with E-state index in [0.717, 1.165) is 4.68 Å². The molecule has 0 unspecified atom stereocenters. The Morgan fingerprint density at radius 1 is 1.14 bits per heavy atom. The van der Waals surface area contributed by atoms with Crippen molar-refractivity contribution in [3.8, 4) is 0 Å². The fourth-order valence-electron chi connectivity index (χ4n) is 2.18. The molecule has 3 aromatic rings. The lowest BCUT2D eigenvalue weighted by Gasteiger charge is -2.12. The molecule has 3 rings (SSSR count). The van der Waals surface area contributed by atoms with Gasteiger partial charge in [-0.2, -0.15) is 0 Å². The van der Waals surface area contributed by atoms with Crippen LogP contribution in [0, 0.1) is 6.92 Å². The summed E-state index contributed by atoms with van der Waals surface area (Å²) in [6, 6.07) is 13.5. The van der Waals surface area contributed by atoms with Gasteiger partial charge in [0.1, 0.15) is 5.82 Å². The van der Waals surface area contributed by atoms with E-state index in [0.29, 0.717) is 28.0 Å². The maximum absolute atomic E-state index is 12.5. The highest BCUT2D eigenvalue weighted by molar-refractivity contribution is 6.00. The van der Waals surface area contributed by atoms with Crippen molar-refractivity contribution in [1.29, 1.82) is 0 Å². The molecule has 1 heterocycles. The van der Waals surface area contributed by atoms with E-state index in [4.69, 9.17) is 5.73 Å². The number of aryl methyl sites for hydroxylation is 1. The molecular weight excluding hydrogens is 280 g/mol. The third-order valence-electron chi connectivity index (χ3n) is 3.33. The molecule has 0 atom stereocenters. The second-order valence-electron chi connectivity index (χ2n) is 4.88. The molecule has 0 radical (unpaired) electrons. The highest BCUT2D eigenvalue weighted by atomic mass is 16.2. The Morgan fingerprint density at radius 3 is 2.55 bits per heavy atom. The van der Waals surface area contributed by atoms with Crippen molar-refractivity contribution >= 4 is 22.5 Å². The number of hydrogen-bond donors (Lipinski definition) is 2. The minimum absolute atomic E-state index is 0.313. The Kier molecular flexibility index (Phi) is 3.34. The lowest BCUT2D eigenvalue weighted by atomic mass is 10.2. The zero-order valence-electron chi connectivity index (χ0n) is 11.9. The minimum atomic E-state index is -0.401. The van der Waals surface area contributed by atoms with E-state index in [-0.39, 0.29) is 5.56 Å². The number of amides is 1. The van der Waals surface area contributed by atoms with Crippen molar-refractivity contribution < 1.29 is 4.79 Å². The summed E-state index contributed by atoms with van der Waals surface area (Å²) in [6.07, 6.45) is 0.